The molecule has 0 aliphatic rings. The molecule has 0 bridgehead atoms. The molecule has 30 heavy (non-hydrogen) atoms. The quantitative estimate of drug-likeness (QED) is 0.592. The summed E-state index contributed by atoms with van der Waals surface area (Å²) >= 11 is 1.41. The van der Waals surface area contributed by atoms with Gasteiger partial charge in [-0.05, 0) is 38.3 Å². The van der Waals surface area contributed by atoms with Gasteiger partial charge in [0.15, 0.2) is 0 Å². The van der Waals surface area contributed by atoms with Crippen LogP contribution in [-0.4, -0.2) is 26.3 Å². The molecule has 0 aliphatic heterocycles. The maximum Gasteiger partial charge on any atom is 0.332 e. The molecule has 1 aromatic carbocycles. The lowest BCUT2D eigenvalue weighted by Crippen LogP contribution is -2.42. The summed E-state index contributed by atoms with van der Waals surface area (Å²) in [5, 5.41) is 9.66. The minimum atomic E-state index is -1.23. The number of fused-ring (bicyclic) bond motifs is 1. The number of aromatic nitrogens is 2. The third kappa shape index (κ3) is 4.24. The largest absolute Gasteiger partial charge is 0.480 e. The minimum Gasteiger partial charge on any atom is -0.480 e. The summed E-state index contributed by atoms with van der Waals surface area (Å²) < 4.78 is 8.40. The van der Waals surface area contributed by atoms with E-state index in [-0.39, 0.29) is 12.6 Å². The van der Waals surface area contributed by atoms with Gasteiger partial charge in [-0.1, -0.05) is 37.3 Å². The van der Waals surface area contributed by atoms with E-state index in [2.05, 4.69) is 0 Å². The summed E-state index contributed by atoms with van der Waals surface area (Å²) in [6.45, 7) is 7.18. The number of benzene rings is 1. The molecule has 0 saturated heterocycles. The van der Waals surface area contributed by atoms with Gasteiger partial charge in [0.25, 0.3) is 5.56 Å². The van der Waals surface area contributed by atoms with Crippen LogP contribution in [0.25, 0.3) is 10.2 Å². The maximum atomic E-state index is 13.2. The van der Waals surface area contributed by atoms with Gasteiger partial charge in [0, 0.05) is 4.88 Å². The first-order valence-electron chi connectivity index (χ1n) is 9.92. The molecule has 1 atom stereocenters. The Morgan fingerprint density at radius 3 is 2.40 bits per heavy atom. The van der Waals surface area contributed by atoms with Crippen molar-refractivity contribution in [2.24, 2.45) is 0 Å². The molecule has 3 aromatic rings. The van der Waals surface area contributed by atoms with Crippen LogP contribution in [0, 0.1) is 6.92 Å². The van der Waals surface area contributed by atoms with Gasteiger partial charge in [-0.25, -0.2) is 9.36 Å². The van der Waals surface area contributed by atoms with Crippen LogP contribution in [0.15, 0.2) is 39.9 Å². The first-order valence-corrected chi connectivity index (χ1v) is 10.7. The average molecular weight is 431 g/mol. The molecule has 8 heteroatoms. The molecule has 0 unspecified atom stereocenters. The zero-order chi connectivity index (χ0) is 22.0. The lowest BCUT2D eigenvalue weighted by Gasteiger charge is -2.22. The van der Waals surface area contributed by atoms with Crippen molar-refractivity contribution in [3.8, 4) is 0 Å². The number of carbonyl (C=O) groups is 1. The molecule has 3 rings (SSSR count). The Bertz CT molecular complexity index is 1170. The van der Waals surface area contributed by atoms with E-state index in [1.54, 1.807) is 0 Å². The number of rotatable bonds is 8. The molecule has 0 aliphatic carbocycles. The van der Waals surface area contributed by atoms with E-state index in [0.717, 1.165) is 27.0 Å². The number of aliphatic carboxylic acids is 1. The number of ether oxygens (including phenoxy) is 1. The number of carboxylic acid groups (broad SMARTS) is 1. The highest BCUT2D eigenvalue weighted by Crippen LogP contribution is 2.30. The maximum absolute atomic E-state index is 13.2. The number of thiophene rings is 1. The Morgan fingerprint density at radius 1 is 1.17 bits per heavy atom. The lowest BCUT2D eigenvalue weighted by atomic mass is 10.1. The fourth-order valence-corrected chi connectivity index (χ4v) is 4.84. The van der Waals surface area contributed by atoms with Crippen LogP contribution >= 0.6 is 11.3 Å². The molecule has 1 N–H and O–H groups in total. The first kappa shape index (κ1) is 22.0. The highest BCUT2D eigenvalue weighted by molar-refractivity contribution is 7.18. The van der Waals surface area contributed by atoms with Gasteiger partial charge in [-0.3, -0.25) is 14.2 Å². The Hall–Kier alpha value is -2.71. The molecule has 7 nitrogen and oxygen atoms in total. The van der Waals surface area contributed by atoms with E-state index in [9.17, 15) is 19.5 Å². The van der Waals surface area contributed by atoms with Gasteiger partial charge in [0.05, 0.1) is 18.0 Å². The summed E-state index contributed by atoms with van der Waals surface area (Å²) in [6, 6.07) is 9.57. The normalized spacial score (nSPS) is 12.6. The van der Waals surface area contributed by atoms with E-state index in [1.807, 2.05) is 58.0 Å². The fraction of sp³-hybridized carbons (Fsp3) is 0.409. The van der Waals surface area contributed by atoms with Crippen LogP contribution in [0.1, 0.15) is 42.9 Å². The monoisotopic (exact) mass is 430 g/mol. The van der Waals surface area contributed by atoms with Crippen molar-refractivity contribution in [2.45, 2.75) is 59.4 Å². The van der Waals surface area contributed by atoms with Crippen molar-refractivity contribution in [3.05, 3.63) is 67.2 Å². The number of hydrogen-bond donors (Lipinski definition) is 1. The third-order valence-corrected chi connectivity index (χ3v) is 6.42. The average Bonchev–Trinajstić information content (AvgIpc) is 3.04. The summed E-state index contributed by atoms with van der Waals surface area (Å²) in [6.07, 6.45) is 0.223. The smallest absolute Gasteiger partial charge is 0.332 e. The lowest BCUT2D eigenvalue weighted by molar-refractivity contribution is -0.137. The highest BCUT2D eigenvalue weighted by Gasteiger charge is 2.23. The van der Waals surface area contributed by atoms with Gasteiger partial charge >= 0.3 is 11.7 Å². The summed E-state index contributed by atoms with van der Waals surface area (Å²) in [5.41, 5.74) is 0.526. The molecule has 0 radical (unpaired) electrons. The highest BCUT2D eigenvalue weighted by atomic mass is 32.1. The zero-order valence-electron chi connectivity index (χ0n) is 17.5. The topological polar surface area (TPSA) is 90.5 Å². The predicted octanol–water partition coefficient (Wildman–Crippen LogP) is 3.35. The second-order valence-corrected chi connectivity index (χ2v) is 8.53. The van der Waals surface area contributed by atoms with Crippen LogP contribution in [0.2, 0.25) is 0 Å². The standard InChI is InChI=1S/C22H26N2O5S/c1-5-17-14(4)19-20(27)23(12-18(25)26)22(28)24(21(19)30-17)11-16(29-13(2)3)15-9-7-6-8-10-15/h6-10,13,16H,5,11-12H2,1-4H3,(H,25,26)/t16-/m1/s1. The van der Waals surface area contributed by atoms with Crippen LogP contribution < -0.4 is 11.2 Å². The van der Waals surface area contributed by atoms with E-state index in [4.69, 9.17) is 4.74 Å². The Kier molecular flexibility index (Phi) is 6.58. The zero-order valence-corrected chi connectivity index (χ0v) is 18.4. The van der Waals surface area contributed by atoms with Gasteiger partial charge in [-0.2, -0.15) is 0 Å². The van der Waals surface area contributed by atoms with E-state index in [0.29, 0.717) is 10.2 Å². The predicted molar refractivity (Wildman–Crippen MR) is 117 cm³/mol. The van der Waals surface area contributed by atoms with E-state index in [1.165, 1.54) is 15.9 Å². The Balaban J connectivity index is 2.26. The molecular weight excluding hydrogens is 404 g/mol. The van der Waals surface area contributed by atoms with E-state index < -0.39 is 29.9 Å². The van der Waals surface area contributed by atoms with Crippen LogP contribution in [0.4, 0.5) is 0 Å². The van der Waals surface area contributed by atoms with Gasteiger partial charge in [0.1, 0.15) is 17.5 Å². The molecule has 2 heterocycles. The summed E-state index contributed by atoms with van der Waals surface area (Å²) in [5.74, 6) is -1.23. The fourth-order valence-electron chi connectivity index (χ4n) is 3.60. The third-order valence-electron chi connectivity index (χ3n) is 4.96. The molecule has 0 spiro atoms. The van der Waals surface area contributed by atoms with E-state index >= 15 is 0 Å². The number of carboxylic acids is 1. The SMILES string of the molecule is CCc1sc2c(c1C)c(=O)n(CC(=O)O)c(=O)n2C[C@@H](OC(C)C)c1ccccc1. The number of nitrogens with zero attached hydrogens (tertiary/aromatic N) is 2. The van der Waals surface area contributed by atoms with Crippen LogP contribution in [-0.2, 0) is 29.0 Å². The van der Waals surface area contributed by atoms with Gasteiger partial charge < -0.3 is 9.84 Å². The molecule has 0 amide bonds. The van der Waals surface area contributed by atoms with Crippen molar-refractivity contribution >= 4 is 27.5 Å². The second kappa shape index (κ2) is 8.97. The van der Waals surface area contributed by atoms with Crippen molar-refractivity contribution in [2.75, 3.05) is 0 Å². The minimum absolute atomic E-state index is 0.0809. The Labute approximate surface area is 178 Å². The molecule has 0 saturated carbocycles. The van der Waals surface area contributed by atoms with Gasteiger partial charge in [-0.15, -0.1) is 11.3 Å². The van der Waals surface area contributed by atoms with Gasteiger partial charge in [0.2, 0.25) is 0 Å². The summed E-state index contributed by atoms with van der Waals surface area (Å²) in [7, 11) is 0. The molecule has 2 aromatic heterocycles. The number of hydrogen-bond acceptors (Lipinski definition) is 5. The Morgan fingerprint density at radius 2 is 1.83 bits per heavy atom. The molecule has 160 valence electrons. The number of aryl methyl sites for hydroxylation is 2. The second-order valence-electron chi connectivity index (χ2n) is 7.45. The van der Waals surface area contributed by atoms with Crippen molar-refractivity contribution < 1.29 is 14.6 Å². The van der Waals surface area contributed by atoms with Crippen LogP contribution in [0.3, 0.4) is 0 Å². The molecular formula is C22H26N2O5S. The first-order chi connectivity index (χ1) is 14.2. The van der Waals surface area contributed by atoms with Crippen molar-refractivity contribution in [3.63, 3.8) is 0 Å². The van der Waals surface area contributed by atoms with Crippen molar-refractivity contribution in [1.82, 2.24) is 9.13 Å². The molecule has 0 fully saturated rings. The van der Waals surface area contributed by atoms with Crippen molar-refractivity contribution in [1.29, 1.82) is 0 Å². The van der Waals surface area contributed by atoms with Crippen LogP contribution in [0.5, 0.6) is 0 Å². The summed E-state index contributed by atoms with van der Waals surface area (Å²) in [4.78, 5) is 39.1.